The SMILES string of the molecule is N#Cc1cc(NC(C2CC2)C2CC2)ccc1[N+](=O)[O-]. The molecule has 2 fully saturated rings. The molecule has 2 aliphatic rings. The van der Waals surface area contributed by atoms with Crippen molar-refractivity contribution in [3.8, 4) is 6.07 Å². The maximum atomic E-state index is 10.8. The van der Waals surface area contributed by atoms with Crippen molar-refractivity contribution in [1.29, 1.82) is 5.26 Å². The highest BCUT2D eigenvalue weighted by Crippen LogP contribution is 2.46. The molecule has 1 aromatic carbocycles. The van der Waals surface area contributed by atoms with Gasteiger partial charge in [0.1, 0.15) is 11.6 Å². The van der Waals surface area contributed by atoms with Crippen LogP contribution >= 0.6 is 0 Å². The Morgan fingerprint density at radius 1 is 1.32 bits per heavy atom. The molecule has 0 radical (unpaired) electrons. The molecule has 0 saturated heterocycles. The Morgan fingerprint density at radius 2 is 1.95 bits per heavy atom. The first-order valence-electron chi connectivity index (χ1n) is 6.64. The van der Waals surface area contributed by atoms with E-state index in [4.69, 9.17) is 5.26 Å². The minimum atomic E-state index is -0.512. The van der Waals surface area contributed by atoms with Crippen molar-refractivity contribution in [3.05, 3.63) is 33.9 Å². The predicted octanol–water partition coefficient (Wildman–Crippen LogP) is 3.07. The summed E-state index contributed by atoms with van der Waals surface area (Å²) in [7, 11) is 0. The minimum absolute atomic E-state index is 0.123. The van der Waals surface area contributed by atoms with Crippen LogP contribution in [0.5, 0.6) is 0 Å². The lowest BCUT2D eigenvalue weighted by Crippen LogP contribution is -2.24. The lowest BCUT2D eigenvalue weighted by molar-refractivity contribution is -0.385. The molecule has 0 amide bonds. The molecule has 0 unspecified atom stereocenters. The quantitative estimate of drug-likeness (QED) is 0.649. The molecule has 1 N–H and O–H groups in total. The van der Waals surface area contributed by atoms with Crippen molar-refractivity contribution < 1.29 is 4.92 Å². The first-order chi connectivity index (χ1) is 9.19. The van der Waals surface area contributed by atoms with E-state index in [1.165, 1.54) is 31.7 Å². The van der Waals surface area contributed by atoms with E-state index < -0.39 is 4.92 Å². The second-order valence-corrected chi connectivity index (χ2v) is 5.45. The Labute approximate surface area is 111 Å². The zero-order valence-corrected chi connectivity index (χ0v) is 10.5. The van der Waals surface area contributed by atoms with E-state index in [-0.39, 0.29) is 11.3 Å². The van der Waals surface area contributed by atoms with Crippen LogP contribution in [-0.4, -0.2) is 11.0 Å². The van der Waals surface area contributed by atoms with Crippen LogP contribution in [-0.2, 0) is 0 Å². The second-order valence-electron chi connectivity index (χ2n) is 5.45. The Bertz CT molecular complexity index is 544. The van der Waals surface area contributed by atoms with Gasteiger partial charge < -0.3 is 5.32 Å². The first-order valence-corrected chi connectivity index (χ1v) is 6.64. The van der Waals surface area contributed by atoms with Gasteiger partial charge in [-0.1, -0.05) is 0 Å². The number of nitro groups is 1. The number of nitriles is 1. The van der Waals surface area contributed by atoms with Gasteiger partial charge in [-0.15, -0.1) is 0 Å². The van der Waals surface area contributed by atoms with Crippen molar-refractivity contribution >= 4 is 11.4 Å². The van der Waals surface area contributed by atoms with Crippen LogP contribution in [0.2, 0.25) is 0 Å². The maximum absolute atomic E-state index is 10.8. The molecule has 5 nitrogen and oxygen atoms in total. The second kappa shape index (κ2) is 4.54. The molecule has 19 heavy (non-hydrogen) atoms. The van der Waals surface area contributed by atoms with Crippen LogP contribution in [0.1, 0.15) is 31.2 Å². The molecule has 2 aliphatic carbocycles. The van der Waals surface area contributed by atoms with Gasteiger partial charge in [-0.3, -0.25) is 10.1 Å². The van der Waals surface area contributed by atoms with Crippen molar-refractivity contribution in [2.45, 2.75) is 31.7 Å². The van der Waals surface area contributed by atoms with E-state index in [1.807, 2.05) is 6.07 Å². The Balaban J connectivity index is 1.81. The molecule has 0 heterocycles. The highest BCUT2D eigenvalue weighted by molar-refractivity contribution is 5.59. The van der Waals surface area contributed by atoms with Crippen molar-refractivity contribution in [3.63, 3.8) is 0 Å². The number of hydrogen-bond donors (Lipinski definition) is 1. The smallest absolute Gasteiger partial charge is 0.287 e. The number of benzene rings is 1. The number of hydrogen-bond acceptors (Lipinski definition) is 4. The normalized spacial score (nSPS) is 18.1. The van der Waals surface area contributed by atoms with Crippen LogP contribution in [0.25, 0.3) is 0 Å². The molecular formula is C14H15N3O2. The number of anilines is 1. The van der Waals surface area contributed by atoms with Crippen LogP contribution < -0.4 is 5.32 Å². The highest BCUT2D eigenvalue weighted by Gasteiger charge is 2.41. The highest BCUT2D eigenvalue weighted by atomic mass is 16.6. The molecule has 3 rings (SSSR count). The predicted molar refractivity (Wildman–Crippen MR) is 70.7 cm³/mol. The monoisotopic (exact) mass is 257 g/mol. The summed E-state index contributed by atoms with van der Waals surface area (Å²) in [5, 5.41) is 23.2. The van der Waals surface area contributed by atoms with Gasteiger partial charge >= 0.3 is 0 Å². The fourth-order valence-corrected chi connectivity index (χ4v) is 2.60. The molecule has 1 aromatic rings. The van der Waals surface area contributed by atoms with E-state index in [9.17, 15) is 10.1 Å². The third-order valence-corrected chi connectivity index (χ3v) is 3.91. The zero-order valence-electron chi connectivity index (χ0n) is 10.5. The summed E-state index contributed by atoms with van der Waals surface area (Å²) in [6.45, 7) is 0. The molecule has 0 aromatic heterocycles. The van der Waals surface area contributed by atoms with Gasteiger partial charge in [0.15, 0.2) is 0 Å². The largest absolute Gasteiger partial charge is 0.382 e. The van der Waals surface area contributed by atoms with Crippen molar-refractivity contribution in [2.75, 3.05) is 5.32 Å². The fraction of sp³-hybridized carbons (Fsp3) is 0.500. The Kier molecular flexibility index (Phi) is 2.86. The number of nitrogens with one attached hydrogen (secondary N) is 1. The van der Waals surface area contributed by atoms with Crippen LogP contribution in [0, 0.1) is 33.3 Å². The van der Waals surface area contributed by atoms with Gasteiger partial charge in [-0.05, 0) is 49.7 Å². The number of rotatable bonds is 5. The Morgan fingerprint density at radius 3 is 2.42 bits per heavy atom. The summed E-state index contributed by atoms with van der Waals surface area (Å²) < 4.78 is 0. The zero-order chi connectivity index (χ0) is 13.4. The average molecular weight is 257 g/mol. The van der Waals surface area contributed by atoms with E-state index >= 15 is 0 Å². The number of nitro benzene ring substituents is 1. The third-order valence-electron chi connectivity index (χ3n) is 3.91. The van der Waals surface area contributed by atoms with Gasteiger partial charge in [0.25, 0.3) is 5.69 Å². The van der Waals surface area contributed by atoms with Gasteiger partial charge in [-0.25, -0.2) is 0 Å². The van der Waals surface area contributed by atoms with Gasteiger partial charge in [0, 0.05) is 17.8 Å². The van der Waals surface area contributed by atoms with Crippen molar-refractivity contribution in [2.24, 2.45) is 11.8 Å². The first kappa shape index (κ1) is 12.0. The van der Waals surface area contributed by atoms with E-state index in [0.29, 0.717) is 6.04 Å². The lowest BCUT2D eigenvalue weighted by Gasteiger charge is -2.19. The summed E-state index contributed by atoms with van der Waals surface area (Å²) in [5.74, 6) is 1.49. The maximum Gasteiger partial charge on any atom is 0.287 e. The average Bonchev–Trinajstić information content (AvgIpc) is 3.28. The number of nitrogens with zero attached hydrogens (tertiary/aromatic N) is 2. The molecule has 0 atom stereocenters. The summed E-state index contributed by atoms with van der Waals surface area (Å²) in [6, 6.07) is 7.09. The molecule has 2 saturated carbocycles. The summed E-state index contributed by atoms with van der Waals surface area (Å²) in [6.07, 6.45) is 5.08. The molecule has 0 spiro atoms. The summed E-state index contributed by atoms with van der Waals surface area (Å²) in [4.78, 5) is 10.3. The van der Waals surface area contributed by atoms with E-state index in [0.717, 1.165) is 17.5 Å². The molecule has 98 valence electrons. The fourth-order valence-electron chi connectivity index (χ4n) is 2.60. The van der Waals surface area contributed by atoms with Gasteiger partial charge in [0.05, 0.1) is 4.92 Å². The Hall–Kier alpha value is -2.09. The van der Waals surface area contributed by atoms with Gasteiger partial charge in [0.2, 0.25) is 0 Å². The van der Waals surface area contributed by atoms with Gasteiger partial charge in [-0.2, -0.15) is 5.26 Å². The summed E-state index contributed by atoms with van der Waals surface area (Å²) in [5.41, 5.74) is 0.828. The van der Waals surface area contributed by atoms with Crippen LogP contribution in [0.4, 0.5) is 11.4 Å². The van der Waals surface area contributed by atoms with Crippen LogP contribution in [0.15, 0.2) is 18.2 Å². The minimum Gasteiger partial charge on any atom is -0.382 e. The van der Waals surface area contributed by atoms with E-state index in [2.05, 4.69) is 5.32 Å². The third kappa shape index (κ3) is 2.53. The topological polar surface area (TPSA) is 79.0 Å². The molecule has 0 aliphatic heterocycles. The molecule has 0 bridgehead atoms. The molecular weight excluding hydrogens is 242 g/mol. The lowest BCUT2D eigenvalue weighted by atomic mass is 10.1. The van der Waals surface area contributed by atoms with Crippen LogP contribution in [0.3, 0.4) is 0 Å². The van der Waals surface area contributed by atoms with Crippen molar-refractivity contribution in [1.82, 2.24) is 0 Å². The molecule has 5 heteroatoms. The summed E-state index contributed by atoms with van der Waals surface area (Å²) >= 11 is 0. The standard InChI is InChI=1S/C14H15N3O2/c15-8-11-7-12(5-6-13(11)17(18)19)16-14(9-1-2-9)10-3-4-10/h5-7,9-10,14,16H,1-4H2. The van der Waals surface area contributed by atoms with E-state index in [1.54, 1.807) is 12.1 Å².